The number of carbonyl (C=O) groups excluding carboxylic acids is 1. The molecule has 0 unspecified atom stereocenters. The summed E-state index contributed by atoms with van der Waals surface area (Å²) in [4.78, 5) is 22.1. The van der Waals surface area contributed by atoms with Gasteiger partial charge in [-0.1, -0.05) is 42.5 Å². The largest absolute Gasteiger partial charge is 0.495 e. The van der Waals surface area contributed by atoms with E-state index >= 15 is 0 Å². The summed E-state index contributed by atoms with van der Waals surface area (Å²) in [5, 5.41) is 0. The van der Waals surface area contributed by atoms with Crippen LogP contribution in [0, 0.1) is 0 Å². The molecule has 2 fully saturated rings. The van der Waals surface area contributed by atoms with Crippen LogP contribution in [0.5, 0.6) is 5.75 Å². The molecule has 1 amide bonds. The Bertz CT molecular complexity index is 844. The maximum Gasteiger partial charge on any atom is 0.236 e. The summed E-state index contributed by atoms with van der Waals surface area (Å²) < 4.78 is 5.50. The molecule has 4 rings (SSSR count). The van der Waals surface area contributed by atoms with Crippen molar-refractivity contribution in [3.05, 3.63) is 60.2 Å². The van der Waals surface area contributed by atoms with Crippen LogP contribution in [-0.4, -0.2) is 86.6 Å². The smallest absolute Gasteiger partial charge is 0.236 e. The predicted molar refractivity (Wildman–Crippen MR) is 125 cm³/mol. The van der Waals surface area contributed by atoms with Gasteiger partial charge >= 0.3 is 0 Å². The SMILES string of the molecule is COc1ccccc1N1CCN(CC(=O)N2CCN([C@@H](C)c3ccccc3)CC2)CC1. The Morgan fingerprint density at radius 2 is 1.52 bits per heavy atom. The summed E-state index contributed by atoms with van der Waals surface area (Å²) >= 11 is 0. The summed E-state index contributed by atoms with van der Waals surface area (Å²) in [7, 11) is 1.72. The van der Waals surface area contributed by atoms with Gasteiger partial charge in [-0.25, -0.2) is 0 Å². The van der Waals surface area contributed by atoms with Gasteiger partial charge in [0.1, 0.15) is 5.75 Å². The molecule has 0 bridgehead atoms. The Labute approximate surface area is 186 Å². The molecule has 0 aliphatic carbocycles. The van der Waals surface area contributed by atoms with E-state index in [1.165, 1.54) is 5.56 Å². The summed E-state index contributed by atoms with van der Waals surface area (Å²) in [6, 6.07) is 19.2. The summed E-state index contributed by atoms with van der Waals surface area (Å²) in [6.07, 6.45) is 0. The molecule has 2 saturated heterocycles. The van der Waals surface area contributed by atoms with Crippen LogP contribution in [0.4, 0.5) is 5.69 Å². The lowest BCUT2D eigenvalue weighted by atomic mass is 10.1. The molecule has 166 valence electrons. The van der Waals surface area contributed by atoms with Gasteiger partial charge in [-0.05, 0) is 24.6 Å². The third kappa shape index (κ3) is 5.20. The van der Waals surface area contributed by atoms with Crippen LogP contribution in [0.25, 0.3) is 0 Å². The van der Waals surface area contributed by atoms with E-state index in [4.69, 9.17) is 4.74 Å². The topological polar surface area (TPSA) is 39.3 Å². The Morgan fingerprint density at radius 3 is 2.19 bits per heavy atom. The lowest BCUT2D eigenvalue weighted by Crippen LogP contribution is -2.54. The minimum Gasteiger partial charge on any atom is -0.495 e. The third-order valence-electron chi connectivity index (χ3n) is 6.65. The number of hydrogen-bond acceptors (Lipinski definition) is 5. The van der Waals surface area contributed by atoms with Gasteiger partial charge in [0.05, 0.1) is 19.3 Å². The van der Waals surface area contributed by atoms with E-state index in [1.54, 1.807) is 7.11 Å². The Hall–Kier alpha value is -2.57. The van der Waals surface area contributed by atoms with Crippen LogP contribution in [0.3, 0.4) is 0 Å². The van der Waals surface area contributed by atoms with E-state index in [0.717, 1.165) is 63.8 Å². The van der Waals surface area contributed by atoms with E-state index in [2.05, 4.69) is 58.0 Å². The predicted octanol–water partition coefficient (Wildman–Crippen LogP) is 2.72. The lowest BCUT2D eigenvalue weighted by Gasteiger charge is -2.40. The second-order valence-corrected chi connectivity index (χ2v) is 8.44. The molecule has 31 heavy (non-hydrogen) atoms. The van der Waals surface area contributed by atoms with Gasteiger partial charge in [-0.3, -0.25) is 14.6 Å². The number of anilines is 1. The van der Waals surface area contributed by atoms with E-state index in [1.807, 2.05) is 23.1 Å². The number of carbonyl (C=O) groups is 1. The van der Waals surface area contributed by atoms with Crippen LogP contribution >= 0.6 is 0 Å². The van der Waals surface area contributed by atoms with Crippen molar-refractivity contribution in [2.45, 2.75) is 13.0 Å². The fraction of sp³-hybridized carbons (Fsp3) is 0.480. The van der Waals surface area contributed by atoms with Gasteiger partial charge in [0.15, 0.2) is 0 Å². The van der Waals surface area contributed by atoms with E-state index in [-0.39, 0.29) is 5.91 Å². The van der Waals surface area contributed by atoms with E-state index in [9.17, 15) is 4.79 Å². The third-order valence-corrected chi connectivity index (χ3v) is 6.65. The van der Waals surface area contributed by atoms with Gasteiger partial charge < -0.3 is 14.5 Å². The number of para-hydroxylation sites is 2. The van der Waals surface area contributed by atoms with Gasteiger partial charge in [0.2, 0.25) is 5.91 Å². The van der Waals surface area contributed by atoms with Crippen molar-refractivity contribution >= 4 is 11.6 Å². The fourth-order valence-electron chi connectivity index (χ4n) is 4.63. The Kier molecular flexibility index (Phi) is 7.10. The maximum atomic E-state index is 12.9. The maximum absolute atomic E-state index is 12.9. The Morgan fingerprint density at radius 1 is 0.871 bits per heavy atom. The van der Waals surface area contributed by atoms with Crippen molar-refractivity contribution in [3.8, 4) is 5.75 Å². The first kappa shape index (κ1) is 21.7. The standard InChI is InChI=1S/C25H34N4O2/c1-21(22-8-4-3-5-9-22)27-16-18-29(19-17-27)25(30)20-26-12-14-28(15-13-26)23-10-6-7-11-24(23)31-2/h3-11,21H,12-20H2,1-2H3/t21-/m0/s1. The first-order valence-electron chi connectivity index (χ1n) is 11.3. The van der Waals surface area contributed by atoms with Gasteiger partial charge in [0, 0.05) is 58.4 Å². The van der Waals surface area contributed by atoms with Crippen LogP contribution in [0.1, 0.15) is 18.5 Å². The van der Waals surface area contributed by atoms with Crippen molar-refractivity contribution < 1.29 is 9.53 Å². The number of ether oxygens (including phenoxy) is 1. The molecule has 0 N–H and O–H groups in total. The highest BCUT2D eigenvalue weighted by atomic mass is 16.5. The number of methoxy groups -OCH3 is 1. The van der Waals surface area contributed by atoms with Gasteiger partial charge in [0.25, 0.3) is 0 Å². The van der Waals surface area contributed by atoms with Crippen LogP contribution in [0.2, 0.25) is 0 Å². The zero-order valence-corrected chi connectivity index (χ0v) is 18.7. The average Bonchev–Trinajstić information content (AvgIpc) is 2.84. The molecule has 2 aliphatic heterocycles. The normalized spacial score (nSPS) is 19.3. The average molecular weight is 423 g/mol. The van der Waals surface area contributed by atoms with Gasteiger partial charge in [-0.15, -0.1) is 0 Å². The molecular formula is C25H34N4O2. The number of benzene rings is 2. The molecule has 6 nitrogen and oxygen atoms in total. The highest BCUT2D eigenvalue weighted by molar-refractivity contribution is 5.78. The van der Waals surface area contributed by atoms with Crippen LogP contribution in [-0.2, 0) is 4.79 Å². The number of hydrogen-bond donors (Lipinski definition) is 0. The zero-order valence-electron chi connectivity index (χ0n) is 18.7. The summed E-state index contributed by atoms with van der Waals surface area (Å²) in [5.41, 5.74) is 2.48. The van der Waals surface area contributed by atoms with Crippen LogP contribution < -0.4 is 9.64 Å². The molecule has 2 aromatic carbocycles. The molecule has 0 spiro atoms. The molecule has 1 atom stereocenters. The number of nitrogens with zero attached hydrogens (tertiary/aromatic N) is 4. The highest BCUT2D eigenvalue weighted by Gasteiger charge is 2.27. The lowest BCUT2D eigenvalue weighted by molar-refractivity contribution is -0.134. The van der Waals surface area contributed by atoms with Crippen molar-refractivity contribution in [3.63, 3.8) is 0 Å². The molecule has 0 radical (unpaired) electrons. The minimum atomic E-state index is 0.262. The monoisotopic (exact) mass is 422 g/mol. The molecule has 0 saturated carbocycles. The molecule has 2 heterocycles. The van der Waals surface area contributed by atoms with Crippen LogP contribution in [0.15, 0.2) is 54.6 Å². The first-order chi connectivity index (χ1) is 15.2. The van der Waals surface area contributed by atoms with Crippen molar-refractivity contribution in [2.24, 2.45) is 0 Å². The summed E-state index contributed by atoms with van der Waals surface area (Å²) in [6.45, 7) is 9.90. The zero-order chi connectivity index (χ0) is 21.6. The quantitative estimate of drug-likeness (QED) is 0.716. The number of amides is 1. The minimum absolute atomic E-state index is 0.262. The fourth-order valence-corrected chi connectivity index (χ4v) is 4.63. The molecule has 2 aliphatic rings. The second kappa shape index (κ2) is 10.2. The van der Waals surface area contributed by atoms with Gasteiger partial charge in [-0.2, -0.15) is 0 Å². The first-order valence-corrected chi connectivity index (χ1v) is 11.3. The molecule has 6 heteroatoms. The Balaban J connectivity index is 1.23. The summed E-state index contributed by atoms with van der Waals surface area (Å²) in [5.74, 6) is 1.17. The number of piperazine rings is 2. The molecule has 0 aromatic heterocycles. The number of rotatable bonds is 6. The molecular weight excluding hydrogens is 388 g/mol. The second-order valence-electron chi connectivity index (χ2n) is 8.44. The van der Waals surface area contributed by atoms with E-state index < -0.39 is 0 Å². The van der Waals surface area contributed by atoms with E-state index in [0.29, 0.717) is 12.6 Å². The molecule has 2 aromatic rings. The van der Waals surface area contributed by atoms with Crippen molar-refractivity contribution in [1.29, 1.82) is 0 Å². The highest BCUT2D eigenvalue weighted by Crippen LogP contribution is 2.28. The van der Waals surface area contributed by atoms with Crippen molar-refractivity contribution in [2.75, 3.05) is 70.9 Å². The van der Waals surface area contributed by atoms with Crippen molar-refractivity contribution in [1.82, 2.24) is 14.7 Å².